The molecular formula is C11H14N2O5. The van der Waals surface area contributed by atoms with Crippen molar-refractivity contribution in [2.24, 2.45) is 5.73 Å². The Morgan fingerprint density at radius 1 is 1.61 bits per heavy atom. The Balaban J connectivity index is 3.02. The minimum atomic E-state index is -1.28. The van der Waals surface area contributed by atoms with E-state index in [2.05, 4.69) is 4.74 Å². The molecule has 0 aliphatic heterocycles. The topological polar surface area (TPSA) is 116 Å². The summed E-state index contributed by atoms with van der Waals surface area (Å²) in [7, 11) is 1.21. The normalized spacial score (nSPS) is 13.7. The number of nitro groups is 1. The van der Waals surface area contributed by atoms with Gasteiger partial charge in [-0.1, -0.05) is 6.07 Å². The van der Waals surface area contributed by atoms with Crippen molar-refractivity contribution in [1.82, 2.24) is 0 Å². The van der Waals surface area contributed by atoms with E-state index in [1.165, 1.54) is 32.2 Å². The summed E-state index contributed by atoms with van der Waals surface area (Å²) < 4.78 is 4.54. The number of nitro benzene ring substituents is 1. The highest BCUT2D eigenvalue weighted by atomic mass is 16.6. The molecular weight excluding hydrogens is 240 g/mol. The molecule has 0 bridgehead atoms. The van der Waals surface area contributed by atoms with E-state index >= 15 is 0 Å². The highest BCUT2D eigenvalue weighted by Gasteiger charge is 2.30. The number of methoxy groups -OCH3 is 1. The van der Waals surface area contributed by atoms with Gasteiger partial charge in [0, 0.05) is 12.5 Å². The third kappa shape index (κ3) is 2.95. The van der Waals surface area contributed by atoms with Crippen molar-refractivity contribution in [2.75, 3.05) is 7.11 Å². The van der Waals surface area contributed by atoms with Gasteiger partial charge in [0.2, 0.25) is 0 Å². The van der Waals surface area contributed by atoms with Crippen LogP contribution in [0.25, 0.3) is 0 Å². The van der Waals surface area contributed by atoms with Gasteiger partial charge in [-0.15, -0.1) is 0 Å². The minimum Gasteiger partial charge on any atom is -0.502 e. The Hall–Kier alpha value is -2.15. The maximum atomic E-state index is 11.4. The molecule has 0 amide bonds. The maximum absolute atomic E-state index is 11.4. The molecule has 0 aliphatic rings. The molecule has 98 valence electrons. The van der Waals surface area contributed by atoms with Crippen LogP contribution < -0.4 is 5.73 Å². The van der Waals surface area contributed by atoms with Crippen LogP contribution in [0.4, 0.5) is 5.69 Å². The fraction of sp³-hybridized carbons (Fsp3) is 0.364. The number of aromatic hydroxyl groups is 1. The van der Waals surface area contributed by atoms with Gasteiger partial charge >= 0.3 is 11.7 Å². The molecule has 0 aromatic heterocycles. The zero-order valence-electron chi connectivity index (χ0n) is 10.0. The van der Waals surface area contributed by atoms with Crippen molar-refractivity contribution >= 4 is 11.7 Å². The highest BCUT2D eigenvalue weighted by Crippen LogP contribution is 2.27. The summed E-state index contributed by atoms with van der Waals surface area (Å²) >= 11 is 0. The molecule has 0 fully saturated rings. The van der Waals surface area contributed by atoms with Crippen molar-refractivity contribution in [3.63, 3.8) is 0 Å². The van der Waals surface area contributed by atoms with Gasteiger partial charge in [-0.3, -0.25) is 14.9 Å². The first-order valence-corrected chi connectivity index (χ1v) is 5.11. The van der Waals surface area contributed by atoms with Crippen molar-refractivity contribution in [3.8, 4) is 5.75 Å². The number of esters is 1. The second kappa shape index (κ2) is 5.01. The van der Waals surface area contributed by atoms with Crippen LogP contribution in [0.15, 0.2) is 18.2 Å². The lowest BCUT2D eigenvalue weighted by Gasteiger charge is -2.21. The van der Waals surface area contributed by atoms with Crippen LogP contribution in [-0.2, 0) is 16.0 Å². The van der Waals surface area contributed by atoms with E-state index in [9.17, 15) is 20.0 Å². The van der Waals surface area contributed by atoms with Gasteiger partial charge in [0.1, 0.15) is 5.54 Å². The number of phenolic OH excluding ortho intramolecular Hbond substituents is 1. The Morgan fingerprint density at radius 3 is 2.72 bits per heavy atom. The van der Waals surface area contributed by atoms with E-state index in [-0.39, 0.29) is 6.42 Å². The summed E-state index contributed by atoms with van der Waals surface area (Å²) in [5.41, 5.74) is 4.53. The number of rotatable bonds is 4. The Morgan fingerprint density at radius 2 is 2.22 bits per heavy atom. The number of benzene rings is 1. The molecule has 0 spiro atoms. The van der Waals surface area contributed by atoms with E-state index in [0.717, 1.165) is 0 Å². The molecule has 0 saturated heterocycles. The molecule has 1 rings (SSSR count). The first-order chi connectivity index (χ1) is 8.27. The molecule has 1 aromatic carbocycles. The molecule has 1 atom stereocenters. The van der Waals surface area contributed by atoms with Crippen LogP contribution in [0, 0.1) is 10.1 Å². The number of carbonyl (C=O) groups is 1. The Bertz CT molecular complexity index is 484. The summed E-state index contributed by atoms with van der Waals surface area (Å²) in [4.78, 5) is 21.3. The molecule has 0 saturated carbocycles. The lowest BCUT2D eigenvalue weighted by Crippen LogP contribution is -2.47. The van der Waals surface area contributed by atoms with E-state index in [0.29, 0.717) is 5.56 Å². The summed E-state index contributed by atoms with van der Waals surface area (Å²) in [5.74, 6) is -1.04. The molecule has 0 heterocycles. The van der Waals surface area contributed by atoms with Gasteiger partial charge in [0.05, 0.1) is 12.0 Å². The lowest BCUT2D eigenvalue weighted by atomic mass is 9.94. The van der Waals surface area contributed by atoms with Crippen LogP contribution in [0.5, 0.6) is 5.75 Å². The summed E-state index contributed by atoms with van der Waals surface area (Å²) in [6.45, 7) is 1.47. The standard InChI is InChI=1S/C11H14N2O5/c1-11(12,10(15)18-2)6-7-3-4-9(14)8(5-7)13(16)17/h3-5,14H,6,12H2,1-2H3/t11-/m0/s1. The molecule has 0 aliphatic carbocycles. The number of phenols is 1. The van der Waals surface area contributed by atoms with Crippen molar-refractivity contribution in [3.05, 3.63) is 33.9 Å². The first-order valence-electron chi connectivity index (χ1n) is 5.11. The molecule has 18 heavy (non-hydrogen) atoms. The van der Waals surface area contributed by atoms with Crippen molar-refractivity contribution in [1.29, 1.82) is 0 Å². The number of hydrogen-bond donors (Lipinski definition) is 2. The number of nitrogens with two attached hydrogens (primary N) is 1. The minimum absolute atomic E-state index is 0.0702. The zero-order chi connectivity index (χ0) is 13.9. The van der Waals surface area contributed by atoms with Gasteiger partial charge in [-0.2, -0.15) is 0 Å². The lowest BCUT2D eigenvalue weighted by molar-refractivity contribution is -0.385. The maximum Gasteiger partial charge on any atom is 0.325 e. The fourth-order valence-electron chi connectivity index (χ4n) is 1.55. The van der Waals surface area contributed by atoms with E-state index < -0.39 is 27.9 Å². The summed E-state index contributed by atoms with van der Waals surface area (Å²) in [5, 5.41) is 19.9. The van der Waals surface area contributed by atoms with Crippen LogP contribution in [0.1, 0.15) is 12.5 Å². The molecule has 0 unspecified atom stereocenters. The number of ether oxygens (including phenoxy) is 1. The summed E-state index contributed by atoms with van der Waals surface area (Å²) in [6, 6.07) is 3.85. The molecule has 1 aromatic rings. The predicted octanol–water partition coefficient (Wildman–Crippen LogP) is 0.733. The largest absolute Gasteiger partial charge is 0.502 e. The Kier molecular flexibility index (Phi) is 3.87. The van der Waals surface area contributed by atoms with Gasteiger partial charge in [0.15, 0.2) is 5.75 Å². The van der Waals surface area contributed by atoms with Crippen LogP contribution in [0.2, 0.25) is 0 Å². The number of nitrogens with zero attached hydrogens (tertiary/aromatic N) is 1. The van der Waals surface area contributed by atoms with Gasteiger partial charge in [0.25, 0.3) is 0 Å². The predicted molar refractivity (Wildman–Crippen MR) is 63.1 cm³/mol. The van der Waals surface area contributed by atoms with E-state index in [1.807, 2.05) is 0 Å². The van der Waals surface area contributed by atoms with Gasteiger partial charge in [-0.05, 0) is 18.6 Å². The average Bonchev–Trinajstić information content (AvgIpc) is 2.29. The second-order valence-corrected chi connectivity index (χ2v) is 4.17. The van der Waals surface area contributed by atoms with Crippen molar-refractivity contribution in [2.45, 2.75) is 18.9 Å². The smallest absolute Gasteiger partial charge is 0.325 e. The number of carbonyl (C=O) groups excluding carboxylic acids is 1. The zero-order valence-corrected chi connectivity index (χ0v) is 10.0. The van der Waals surface area contributed by atoms with Gasteiger partial charge in [-0.25, -0.2) is 0 Å². The summed E-state index contributed by atoms with van der Waals surface area (Å²) in [6.07, 6.45) is 0.0702. The molecule has 7 nitrogen and oxygen atoms in total. The number of hydrogen-bond acceptors (Lipinski definition) is 6. The average molecular weight is 254 g/mol. The van der Waals surface area contributed by atoms with Gasteiger partial charge < -0.3 is 15.6 Å². The van der Waals surface area contributed by atoms with E-state index in [1.54, 1.807) is 0 Å². The molecule has 0 radical (unpaired) electrons. The molecule has 3 N–H and O–H groups in total. The fourth-order valence-corrected chi connectivity index (χ4v) is 1.55. The van der Waals surface area contributed by atoms with E-state index in [4.69, 9.17) is 5.73 Å². The van der Waals surface area contributed by atoms with Crippen LogP contribution >= 0.6 is 0 Å². The molecule has 7 heteroatoms. The monoisotopic (exact) mass is 254 g/mol. The SMILES string of the molecule is COC(=O)[C@@](C)(N)Cc1ccc(O)c([N+](=O)[O-])c1. The Labute approximate surface area is 103 Å². The quantitative estimate of drug-likeness (QED) is 0.465. The van der Waals surface area contributed by atoms with Crippen LogP contribution in [0.3, 0.4) is 0 Å². The highest BCUT2D eigenvalue weighted by molar-refractivity contribution is 5.80. The van der Waals surface area contributed by atoms with Crippen molar-refractivity contribution < 1.29 is 19.6 Å². The van der Waals surface area contributed by atoms with Crippen LogP contribution in [-0.4, -0.2) is 28.6 Å². The third-order valence-corrected chi connectivity index (χ3v) is 2.46. The third-order valence-electron chi connectivity index (χ3n) is 2.46. The second-order valence-electron chi connectivity index (χ2n) is 4.17. The first kappa shape index (κ1) is 13.9.